The van der Waals surface area contributed by atoms with Crippen LogP contribution in [0.25, 0.3) is 0 Å². The standard InChI is InChI=1S/C10H13ClN2O3/c1-16-7-3-2-5(4-6(7)11)8(12)9(13)10(14)15/h2-4,8-9H,12-13H2,1H3,(H,14,15). The fraction of sp³-hybridized carbons (Fsp3) is 0.300. The van der Waals surface area contributed by atoms with E-state index in [2.05, 4.69) is 0 Å². The summed E-state index contributed by atoms with van der Waals surface area (Å²) >= 11 is 5.89. The number of halogens is 1. The van der Waals surface area contributed by atoms with Gasteiger partial charge in [0.15, 0.2) is 0 Å². The SMILES string of the molecule is COc1ccc(C(N)C(N)C(=O)O)cc1Cl. The smallest absolute Gasteiger partial charge is 0.322 e. The maximum Gasteiger partial charge on any atom is 0.322 e. The Balaban J connectivity index is 2.97. The Morgan fingerprint density at radius 1 is 1.50 bits per heavy atom. The van der Waals surface area contributed by atoms with Crippen LogP contribution < -0.4 is 16.2 Å². The minimum absolute atomic E-state index is 0.369. The Bertz CT molecular complexity index is 398. The summed E-state index contributed by atoms with van der Waals surface area (Å²) in [5.41, 5.74) is 11.7. The second-order valence-corrected chi connectivity index (χ2v) is 3.69. The fourth-order valence-corrected chi connectivity index (χ4v) is 1.52. The molecule has 0 saturated heterocycles. The lowest BCUT2D eigenvalue weighted by Crippen LogP contribution is -2.40. The number of hydrogen-bond acceptors (Lipinski definition) is 4. The summed E-state index contributed by atoms with van der Waals surface area (Å²) < 4.78 is 4.97. The number of hydrogen-bond donors (Lipinski definition) is 3. The Kier molecular flexibility index (Phi) is 4.12. The van der Waals surface area contributed by atoms with Crippen LogP contribution in [0, 0.1) is 0 Å². The van der Waals surface area contributed by atoms with Gasteiger partial charge in [0.2, 0.25) is 0 Å². The number of carboxylic acids is 1. The number of nitrogens with two attached hydrogens (primary N) is 2. The normalized spacial score (nSPS) is 14.2. The van der Waals surface area contributed by atoms with Gasteiger partial charge in [-0.15, -0.1) is 0 Å². The van der Waals surface area contributed by atoms with Crippen LogP contribution in [0.5, 0.6) is 5.75 Å². The minimum Gasteiger partial charge on any atom is -0.495 e. The molecule has 88 valence electrons. The zero-order valence-corrected chi connectivity index (χ0v) is 9.44. The first-order chi connectivity index (χ1) is 7.47. The van der Waals surface area contributed by atoms with Crippen LogP contribution in [0.4, 0.5) is 0 Å². The van der Waals surface area contributed by atoms with Gasteiger partial charge in [0.05, 0.1) is 18.2 Å². The Morgan fingerprint density at radius 2 is 2.12 bits per heavy atom. The summed E-state index contributed by atoms with van der Waals surface area (Å²) in [5, 5.41) is 9.09. The van der Waals surface area contributed by atoms with E-state index < -0.39 is 18.1 Å². The quantitative estimate of drug-likeness (QED) is 0.726. The zero-order valence-electron chi connectivity index (χ0n) is 8.68. The highest BCUT2D eigenvalue weighted by atomic mass is 35.5. The number of ether oxygens (including phenoxy) is 1. The lowest BCUT2D eigenvalue weighted by molar-refractivity contribution is -0.139. The van der Waals surface area contributed by atoms with Crippen molar-refractivity contribution in [3.8, 4) is 5.75 Å². The topological polar surface area (TPSA) is 98.6 Å². The van der Waals surface area contributed by atoms with Crippen molar-refractivity contribution in [1.29, 1.82) is 0 Å². The molecule has 1 aromatic rings. The second-order valence-electron chi connectivity index (χ2n) is 3.28. The summed E-state index contributed by atoms with van der Waals surface area (Å²) in [5.74, 6) is -0.652. The van der Waals surface area contributed by atoms with Crippen LogP contribution in [0.15, 0.2) is 18.2 Å². The van der Waals surface area contributed by atoms with E-state index in [1.807, 2.05) is 0 Å². The average molecular weight is 245 g/mol. The summed E-state index contributed by atoms with van der Waals surface area (Å²) in [6, 6.07) is 2.84. The van der Waals surface area contributed by atoms with Crippen LogP contribution in [0.1, 0.15) is 11.6 Å². The molecule has 0 heterocycles. The molecule has 5 N–H and O–H groups in total. The number of rotatable bonds is 4. The maximum atomic E-state index is 10.7. The third kappa shape index (κ3) is 2.63. The lowest BCUT2D eigenvalue weighted by Gasteiger charge is -2.17. The van der Waals surface area contributed by atoms with Gasteiger partial charge >= 0.3 is 5.97 Å². The first kappa shape index (κ1) is 12.8. The molecule has 0 fully saturated rings. The van der Waals surface area contributed by atoms with Crippen LogP contribution in [-0.4, -0.2) is 24.2 Å². The highest BCUT2D eigenvalue weighted by Gasteiger charge is 2.22. The molecule has 0 aliphatic heterocycles. The molecule has 0 radical (unpaired) electrons. The first-order valence-electron chi connectivity index (χ1n) is 4.54. The molecule has 16 heavy (non-hydrogen) atoms. The van der Waals surface area contributed by atoms with Gasteiger partial charge in [-0.3, -0.25) is 4.79 Å². The van der Waals surface area contributed by atoms with E-state index in [1.54, 1.807) is 18.2 Å². The van der Waals surface area contributed by atoms with E-state index in [0.717, 1.165) is 0 Å². The van der Waals surface area contributed by atoms with Crippen LogP contribution >= 0.6 is 11.6 Å². The Morgan fingerprint density at radius 3 is 2.56 bits per heavy atom. The fourth-order valence-electron chi connectivity index (χ4n) is 1.25. The van der Waals surface area contributed by atoms with Crippen molar-refractivity contribution in [1.82, 2.24) is 0 Å². The molecule has 0 aliphatic rings. The molecule has 0 aromatic heterocycles. The summed E-state index contributed by atoms with van der Waals surface area (Å²) in [4.78, 5) is 10.7. The van der Waals surface area contributed by atoms with Gasteiger partial charge in [0.25, 0.3) is 0 Å². The molecule has 1 aromatic carbocycles. The van der Waals surface area contributed by atoms with Crippen LogP contribution in [0.3, 0.4) is 0 Å². The van der Waals surface area contributed by atoms with Gasteiger partial charge in [0, 0.05) is 0 Å². The number of carboxylic acid groups (broad SMARTS) is 1. The highest BCUT2D eigenvalue weighted by Crippen LogP contribution is 2.27. The van der Waals surface area contributed by atoms with Gasteiger partial charge < -0.3 is 21.3 Å². The number of carbonyl (C=O) groups is 1. The van der Waals surface area contributed by atoms with E-state index in [0.29, 0.717) is 16.3 Å². The maximum absolute atomic E-state index is 10.7. The molecule has 0 bridgehead atoms. The molecule has 0 saturated carbocycles. The molecule has 6 heteroatoms. The van der Waals surface area contributed by atoms with E-state index in [1.165, 1.54) is 7.11 Å². The van der Waals surface area contributed by atoms with Crippen molar-refractivity contribution in [3.63, 3.8) is 0 Å². The molecular weight excluding hydrogens is 232 g/mol. The monoisotopic (exact) mass is 244 g/mol. The van der Waals surface area contributed by atoms with E-state index in [4.69, 9.17) is 32.9 Å². The van der Waals surface area contributed by atoms with E-state index in [9.17, 15) is 4.79 Å². The van der Waals surface area contributed by atoms with Gasteiger partial charge in [-0.1, -0.05) is 17.7 Å². The average Bonchev–Trinajstić information content (AvgIpc) is 2.26. The summed E-state index contributed by atoms with van der Waals surface area (Å²) in [6.07, 6.45) is 0. The van der Waals surface area contributed by atoms with Crippen molar-refractivity contribution in [2.24, 2.45) is 11.5 Å². The van der Waals surface area contributed by atoms with Crippen LogP contribution in [0.2, 0.25) is 5.02 Å². The molecular formula is C10H13ClN2O3. The summed E-state index contributed by atoms with van der Waals surface area (Å²) in [6.45, 7) is 0. The van der Waals surface area contributed by atoms with Crippen molar-refractivity contribution in [2.75, 3.05) is 7.11 Å². The Hall–Kier alpha value is -1.30. The molecule has 0 aliphatic carbocycles. The Labute approximate surface area is 97.9 Å². The molecule has 1 rings (SSSR count). The second kappa shape index (κ2) is 5.16. The third-order valence-electron chi connectivity index (χ3n) is 2.23. The molecule has 5 nitrogen and oxygen atoms in total. The van der Waals surface area contributed by atoms with Gasteiger partial charge in [0.1, 0.15) is 11.8 Å². The largest absolute Gasteiger partial charge is 0.495 e. The molecule has 2 unspecified atom stereocenters. The number of aliphatic carboxylic acids is 1. The van der Waals surface area contributed by atoms with Crippen molar-refractivity contribution in [2.45, 2.75) is 12.1 Å². The molecule has 0 spiro atoms. The van der Waals surface area contributed by atoms with Gasteiger partial charge in [-0.05, 0) is 17.7 Å². The molecule has 0 amide bonds. The van der Waals surface area contributed by atoms with Gasteiger partial charge in [-0.2, -0.15) is 0 Å². The van der Waals surface area contributed by atoms with E-state index >= 15 is 0 Å². The van der Waals surface area contributed by atoms with Gasteiger partial charge in [-0.25, -0.2) is 0 Å². The van der Waals surface area contributed by atoms with Crippen molar-refractivity contribution >= 4 is 17.6 Å². The first-order valence-corrected chi connectivity index (χ1v) is 4.92. The predicted octanol–water partition coefficient (Wildman–Crippen LogP) is 0.760. The lowest BCUT2D eigenvalue weighted by atomic mass is 10.0. The predicted molar refractivity (Wildman–Crippen MR) is 60.5 cm³/mol. The van der Waals surface area contributed by atoms with E-state index in [-0.39, 0.29) is 0 Å². The summed E-state index contributed by atoms with van der Waals surface area (Å²) in [7, 11) is 1.49. The van der Waals surface area contributed by atoms with Crippen molar-refractivity contribution < 1.29 is 14.6 Å². The van der Waals surface area contributed by atoms with Crippen molar-refractivity contribution in [3.05, 3.63) is 28.8 Å². The zero-order chi connectivity index (χ0) is 12.3. The highest BCUT2D eigenvalue weighted by molar-refractivity contribution is 6.32. The number of methoxy groups -OCH3 is 1. The van der Waals surface area contributed by atoms with Crippen LogP contribution in [-0.2, 0) is 4.79 Å². The number of benzene rings is 1. The minimum atomic E-state index is -1.16. The molecule has 2 atom stereocenters. The third-order valence-corrected chi connectivity index (χ3v) is 2.53.